The molecule has 2 aromatic rings. The van der Waals surface area contributed by atoms with Crippen LogP contribution in [0.15, 0.2) is 42.5 Å². The Bertz CT molecular complexity index is 939. The van der Waals surface area contributed by atoms with Crippen LogP contribution in [-0.4, -0.2) is 39.8 Å². The summed E-state index contributed by atoms with van der Waals surface area (Å²) in [4.78, 5) is 12.4. The Morgan fingerprint density at radius 3 is 2.59 bits per heavy atom. The minimum Gasteiger partial charge on any atom is -0.492 e. The average molecular weight is 388 g/mol. The molecule has 1 aliphatic rings. The van der Waals surface area contributed by atoms with Crippen LogP contribution in [0.5, 0.6) is 5.75 Å². The maximum absolute atomic E-state index is 12.4. The lowest BCUT2D eigenvalue weighted by molar-refractivity contribution is 0.0947. The van der Waals surface area contributed by atoms with Gasteiger partial charge < -0.3 is 10.1 Å². The van der Waals surface area contributed by atoms with Crippen molar-refractivity contribution >= 4 is 21.6 Å². The fourth-order valence-electron chi connectivity index (χ4n) is 3.32. The first-order valence-electron chi connectivity index (χ1n) is 8.85. The SMILES string of the molecule is Cc1ccc(OCCNC(=O)c2ccc3c(c2)C[C@H](C)N3S(C)(=O)=O)cc1. The van der Waals surface area contributed by atoms with E-state index in [4.69, 9.17) is 4.74 Å². The number of nitrogens with one attached hydrogen (secondary N) is 1. The first kappa shape index (κ1) is 19.2. The van der Waals surface area contributed by atoms with Crippen molar-refractivity contribution in [2.24, 2.45) is 0 Å². The lowest BCUT2D eigenvalue weighted by Gasteiger charge is -2.21. The summed E-state index contributed by atoms with van der Waals surface area (Å²) >= 11 is 0. The Labute approximate surface area is 160 Å². The topological polar surface area (TPSA) is 75.7 Å². The van der Waals surface area contributed by atoms with E-state index in [-0.39, 0.29) is 11.9 Å². The largest absolute Gasteiger partial charge is 0.492 e. The van der Waals surface area contributed by atoms with E-state index in [1.807, 2.05) is 38.1 Å². The molecule has 7 heteroatoms. The molecule has 0 unspecified atom stereocenters. The molecular formula is C20H24N2O4S. The van der Waals surface area contributed by atoms with Crippen molar-refractivity contribution in [3.8, 4) is 5.75 Å². The molecular weight excluding hydrogens is 364 g/mol. The van der Waals surface area contributed by atoms with Crippen LogP contribution in [0, 0.1) is 6.92 Å². The highest BCUT2D eigenvalue weighted by molar-refractivity contribution is 7.92. The van der Waals surface area contributed by atoms with Gasteiger partial charge in [0, 0.05) is 11.6 Å². The van der Waals surface area contributed by atoms with Gasteiger partial charge in [0.25, 0.3) is 5.91 Å². The number of sulfonamides is 1. The molecule has 0 aromatic heterocycles. The number of benzene rings is 2. The van der Waals surface area contributed by atoms with Gasteiger partial charge in [-0.05, 0) is 56.2 Å². The van der Waals surface area contributed by atoms with Crippen LogP contribution in [0.25, 0.3) is 0 Å². The zero-order valence-corrected chi connectivity index (χ0v) is 16.5. The molecule has 3 rings (SSSR count). The number of anilines is 1. The van der Waals surface area contributed by atoms with Crippen molar-refractivity contribution in [1.82, 2.24) is 5.32 Å². The zero-order chi connectivity index (χ0) is 19.6. The first-order chi connectivity index (χ1) is 12.8. The second-order valence-electron chi connectivity index (χ2n) is 6.87. The van der Waals surface area contributed by atoms with E-state index in [1.165, 1.54) is 10.6 Å². The Hall–Kier alpha value is -2.54. The highest BCUT2D eigenvalue weighted by atomic mass is 32.2. The monoisotopic (exact) mass is 388 g/mol. The number of rotatable bonds is 6. The van der Waals surface area contributed by atoms with Crippen LogP contribution in [0.1, 0.15) is 28.4 Å². The van der Waals surface area contributed by atoms with Crippen molar-refractivity contribution in [3.63, 3.8) is 0 Å². The minimum absolute atomic E-state index is 0.142. The van der Waals surface area contributed by atoms with E-state index >= 15 is 0 Å². The zero-order valence-electron chi connectivity index (χ0n) is 15.7. The van der Waals surface area contributed by atoms with Crippen LogP contribution >= 0.6 is 0 Å². The van der Waals surface area contributed by atoms with Gasteiger partial charge in [-0.15, -0.1) is 0 Å². The average Bonchev–Trinajstić information content (AvgIpc) is 2.95. The quantitative estimate of drug-likeness (QED) is 0.772. The highest BCUT2D eigenvalue weighted by Crippen LogP contribution is 2.34. The number of aryl methyl sites for hydroxylation is 1. The molecule has 2 aromatic carbocycles. The van der Waals surface area contributed by atoms with Gasteiger partial charge in [-0.1, -0.05) is 17.7 Å². The minimum atomic E-state index is -3.33. The molecule has 1 amide bonds. The second kappa shape index (κ2) is 7.60. The van der Waals surface area contributed by atoms with Crippen molar-refractivity contribution in [2.45, 2.75) is 26.3 Å². The van der Waals surface area contributed by atoms with E-state index in [1.54, 1.807) is 18.2 Å². The molecule has 0 bridgehead atoms. The molecule has 0 radical (unpaired) electrons. The van der Waals surface area contributed by atoms with Gasteiger partial charge in [-0.3, -0.25) is 9.10 Å². The fourth-order valence-corrected chi connectivity index (χ4v) is 4.58. The maximum Gasteiger partial charge on any atom is 0.251 e. The summed E-state index contributed by atoms with van der Waals surface area (Å²) in [6.45, 7) is 4.63. The van der Waals surface area contributed by atoms with E-state index < -0.39 is 10.0 Å². The molecule has 0 saturated heterocycles. The maximum atomic E-state index is 12.4. The molecule has 1 aliphatic heterocycles. The Kier molecular flexibility index (Phi) is 5.41. The summed E-state index contributed by atoms with van der Waals surface area (Å²) in [6, 6.07) is 12.7. The fraction of sp³-hybridized carbons (Fsp3) is 0.350. The van der Waals surface area contributed by atoms with Gasteiger partial charge in [0.1, 0.15) is 12.4 Å². The van der Waals surface area contributed by atoms with Crippen LogP contribution in [-0.2, 0) is 16.4 Å². The van der Waals surface area contributed by atoms with Gasteiger partial charge in [-0.25, -0.2) is 8.42 Å². The number of carbonyl (C=O) groups is 1. The Balaban J connectivity index is 1.58. The third-order valence-electron chi connectivity index (χ3n) is 4.53. The molecule has 0 spiro atoms. The van der Waals surface area contributed by atoms with Gasteiger partial charge in [0.05, 0.1) is 18.5 Å². The number of fused-ring (bicyclic) bond motifs is 1. The molecule has 1 N–H and O–H groups in total. The third kappa shape index (κ3) is 4.42. The van der Waals surface area contributed by atoms with E-state index in [0.29, 0.717) is 30.8 Å². The number of nitrogens with zero attached hydrogens (tertiary/aromatic N) is 1. The first-order valence-corrected chi connectivity index (χ1v) is 10.7. The van der Waals surface area contributed by atoms with E-state index in [9.17, 15) is 13.2 Å². The summed E-state index contributed by atoms with van der Waals surface area (Å²) in [5.41, 5.74) is 3.21. The van der Waals surface area contributed by atoms with Crippen molar-refractivity contribution in [2.75, 3.05) is 23.7 Å². The molecule has 0 aliphatic carbocycles. The number of amides is 1. The summed E-state index contributed by atoms with van der Waals surface area (Å²) in [7, 11) is -3.33. The highest BCUT2D eigenvalue weighted by Gasteiger charge is 2.32. The summed E-state index contributed by atoms with van der Waals surface area (Å²) in [5, 5.41) is 2.83. The molecule has 1 heterocycles. The Morgan fingerprint density at radius 2 is 1.93 bits per heavy atom. The smallest absolute Gasteiger partial charge is 0.251 e. The number of hydrogen-bond acceptors (Lipinski definition) is 4. The summed E-state index contributed by atoms with van der Waals surface area (Å²) < 4.78 is 31.0. The number of ether oxygens (including phenoxy) is 1. The van der Waals surface area contributed by atoms with E-state index in [2.05, 4.69) is 5.32 Å². The van der Waals surface area contributed by atoms with Gasteiger partial charge >= 0.3 is 0 Å². The standard InChI is InChI=1S/C20H24N2O4S/c1-14-4-7-18(8-5-14)26-11-10-21-20(23)16-6-9-19-17(13-16)12-15(2)22(19)27(3,24)25/h4-9,13,15H,10-12H2,1-3H3,(H,21,23)/t15-/m0/s1. The van der Waals surface area contributed by atoms with Crippen LogP contribution in [0.4, 0.5) is 5.69 Å². The van der Waals surface area contributed by atoms with Crippen LogP contribution in [0.3, 0.4) is 0 Å². The molecule has 1 atom stereocenters. The number of carbonyl (C=O) groups excluding carboxylic acids is 1. The molecule has 0 fully saturated rings. The van der Waals surface area contributed by atoms with Crippen LogP contribution < -0.4 is 14.4 Å². The predicted molar refractivity (Wildman–Crippen MR) is 106 cm³/mol. The lowest BCUT2D eigenvalue weighted by Crippen LogP contribution is -2.34. The lowest BCUT2D eigenvalue weighted by atomic mass is 10.1. The second-order valence-corrected chi connectivity index (χ2v) is 8.73. The van der Waals surface area contributed by atoms with E-state index in [0.717, 1.165) is 16.9 Å². The molecule has 6 nitrogen and oxygen atoms in total. The van der Waals surface area contributed by atoms with Gasteiger partial charge in [0.2, 0.25) is 10.0 Å². The van der Waals surface area contributed by atoms with Gasteiger partial charge in [0.15, 0.2) is 0 Å². The molecule has 27 heavy (non-hydrogen) atoms. The molecule has 0 saturated carbocycles. The van der Waals surface area contributed by atoms with Crippen LogP contribution in [0.2, 0.25) is 0 Å². The van der Waals surface area contributed by atoms with Crippen molar-refractivity contribution in [1.29, 1.82) is 0 Å². The van der Waals surface area contributed by atoms with Crippen molar-refractivity contribution in [3.05, 3.63) is 59.2 Å². The van der Waals surface area contributed by atoms with Gasteiger partial charge in [-0.2, -0.15) is 0 Å². The normalized spacial score (nSPS) is 16.1. The summed E-state index contributed by atoms with van der Waals surface area (Å²) in [5.74, 6) is 0.568. The van der Waals surface area contributed by atoms with Crippen molar-refractivity contribution < 1.29 is 17.9 Å². The summed E-state index contributed by atoms with van der Waals surface area (Å²) in [6.07, 6.45) is 1.80. The third-order valence-corrected chi connectivity index (χ3v) is 5.80. The molecule has 144 valence electrons. The Morgan fingerprint density at radius 1 is 1.22 bits per heavy atom. The predicted octanol–water partition coefficient (Wildman–Crippen LogP) is 2.51. The number of hydrogen-bond donors (Lipinski definition) is 1.